The van der Waals surface area contributed by atoms with Crippen molar-refractivity contribution >= 4 is 26.4 Å². The molecule has 0 aliphatic rings. The fourth-order valence-electron chi connectivity index (χ4n) is 1.42. The van der Waals surface area contributed by atoms with Crippen LogP contribution in [0, 0.1) is 6.92 Å². The van der Waals surface area contributed by atoms with Crippen LogP contribution in [0.25, 0.3) is 0 Å². The summed E-state index contributed by atoms with van der Waals surface area (Å²) in [6.45, 7) is 7.29. The molecule has 0 unspecified atom stereocenters. The molecule has 0 rings (SSSR count). The molecule has 0 aromatic carbocycles. The first-order chi connectivity index (χ1) is 9.89. The molecular formula is C11H33O9Si3Y-. The Morgan fingerprint density at radius 1 is 0.750 bits per heavy atom. The maximum absolute atomic E-state index is 9.37. The van der Waals surface area contributed by atoms with E-state index >= 15 is 0 Å². The van der Waals surface area contributed by atoms with Crippen LogP contribution in [0.2, 0.25) is 18.1 Å². The van der Waals surface area contributed by atoms with Crippen molar-refractivity contribution in [2.45, 2.75) is 64.1 Å². The summed E-state index contributed by atoms with van der Waals surface area (Å²) in [5.74, 6) is 0. The molecule has 9 nitrogen and oxygen atoms in total. The van der Waals surface area contributed by atoms with Crippen LogP contribution >= 0.6 is 0 Å². The van der Waals surface area contributed by atoms with Gasteiger partial charge in [0.25, 0.3) is 0 Å². The molecule has 13 heteroatoms. The summed E-state index contributed by atoms with van der Waals surface area (Å²) in [6, 6.07) is 0.273. The van der Waals surface area contributed by atoms with Crippen molar-refractivity contribution in [1.82, 2.24) is 0 Å². The van der Waals surface area contributed by atoms with Crippen LogP contribution in [-0.2, 0) is 36.8 Å². The van der Waals surface area contributed by atoms with Gasteiger partial charge in [-0.1, -0.05) is 26.7 Å². The fraction of sp³-hybridized carbons (Fsp3) is 0.909. The third kappa shape index (κ3) is 25.6. The average molecular weight is 483 g/mol. The van der Waals surface area contributed by atoms with E-state index in [4.69, 9.17) is 14.4 Å². The summed E-state index contributed by atoms with van der Waals surface area (Å²) in [5, 5.41) is 0. The van der Waals surface area contributed by atoms with Gasteiger partial charge in [-0.15, -0.1) is 0 Å². The van der Waals surface area contributed by atoms with Crippen LogP contribution in [0.15, 0.2) is 0 Å². The number of hydrogen-bond acceptors (Lipinski definition) is 8. The van der Waals surface area contributed by atoms with E-state index in [-0.39, 0.29) is 56.3 Å². The van der Waals surface area contributed by atoms with Gasteiger partial charge in [0.05, 0.1) is 0 Å². The van der Waals surface area contributed by atoms with Gasteiger partial charge in [-0.25, -0.2) is 0 Å². The Morgan fingerprint density at radius 3 is 1.42 bits per heavy atom. The van der Waals surface area contributed by atoms with Crippen LogP contribution in [-0.4, -0.2) is 65.5 Å². The quantitative estimate of drug-likeness (QED) is 0.149. The normalized spacial score (nSPS) is 11.8. The van der Waals surface area contributed by atoms with Crippen molar-refractivity contribution in [3.05, 3.63) is 6.92 Å². The molecule has 0 fully saturated rings. The zero-order valence-corrected chi connectivity index (χ0v) is 20.3. The van der Waals surface area contributed by atoms with E-state index in [0.29, 0.717) is 19.3 Å². The number of hydrogen-bond donors (Lipinski definition) is 7. The van der Waals surface area contributed by atoms with Gasteiger partial charge in [0, 0.05) is 44.8 Å². The molecule has 0 saturated carbocycles. The van der Waals surface area contributed by atoms with Crippen molar-refractivity contribution in [2.24, 2.45) is 0 Å². The molecule has 24 heavy (non-hydrogen) atoms. The first kappa shape index (κ1) is 33.0. The molecule has 0 aliphatic carbocycles. The summed E-state index contributed by atoms with van der Waals surface area (Å²) in [7, 11) is -11.4. The second-order valence-electron chi connectivity index (χ2n) is 5.17. The zero-order chi connectivity index (χ0) is 17.9. The summed E-state index contributed by atoms with van der Waals surface area (Å²) in [6.07, 6.45) is 3.29. The van der Waals surface area contributed by atoms with Gasteiger partial charge >= 0.3 is 26.4 Å². The Kier molecular flexibility index (Phi) is 22.8. The van der Waals surface area contributed by atoms with Crippen molar-refractivity contribution in [3.63, 3.8) is 0 Å². The van der Waals surface area contributed by atoms with Gasteiger partial charge in [0.2, 0.25) is 0 Å². The van der Waals surface area contributed by atoms with Gasteiger partial charge in [-0.05, 0) is 18.9 Å². The first-order valence-corrected chi connectivity index (χ1v) is 13.5. The van der Waals surface area contributed by atoms with Crippen molar-refractivity contribution in [1.29, 1.82) is 0 Å². The third-order valence-corrected chi connectivity index (χ3v) is 8.20. The Morgan fingerprint density at radius 2 is 1.12 bits per heavy atom. The fourth-order valence-corrected chi connectivity index (χ4v) is 6.43. The molecule has 0 amide bonds. The SMILES string of the molecule is CCCC[Si](O)(O)O.O.[CH2-]CC[Si](O)(O)O[Si](O)(O)CCCC.[Y]. The number of rotatable bonds is 10. The molecular weight excluding hydrogens is 449 g/mol. The van der Waals surface area contributed by atoms with Gasteiger partial charge < -0.3 is 50.1 Å². The van der Waals surface area contributed by atoms with Crippen LogP contribution in [0.3, 0.4) is 0 Å². The molecule has 9 N–H and O–H groups in total. The standard InChI is InChI=1S/C7H19O5Si2.C4H12O3Si.H2O.Y/c1-3-5-7-14(10,11)12-13(8,9)6-4-2;1-2-3-4-8(5,6)7;;/h8-11H,2-7H2,1H3;5-7H,2-4H2,1H3;1H2;/q-1;;;. The van der Waals surface area contributed by atoms with Crippen LogP contribution < -0.4 is 0 Å². The second-order valence-corrected chi connectivity index (χ2v) is 12.0. The number of unbranched alkanes of at least 4 members (excludes halogenated alkanes) is 2. The van der Waals surface area contributed by atoms with Gasteiger partial charge in [-0.3, -0.25) is 0 Å². The van der Waals surface area contributed by atoms with E-state index in [1.54, 1.807) is 0 Å². The molecule has 0 heterocycles. The Labute approximate surface area is 172 Å². The van der Waals surface area contributed by atoms with Gasteiger partial charge in [-0.2, -0.15) is 6.42 Å². The monoisotopic (exact) mass is 482 g/mol. The minimum Gasteiger partial charge on any atom is -0.412 e. The molecule has 1 radical (unpaired) electrons. The third-order valence-electron chi connectivity index (χ3n) is 2.55. The van der Waals surface area contributed by atoms with Crippen LogP contribution in [0.1, 0.15) is 46.0 Å². The predicted molar refractivity (Wildman–Crippen MR) is 91.7 cm³/mol. The van der Waals surface area contributed by atoms with E-state index in [1.165, 1.54) is 0 Å². The molecule has 0 aromatic heterocycles. The molecule has 0 atom stereocenters. The predicted octanol–water partition coefficient (Wildman–Crippen LogP) is -1.25. The summed E-state index contributed by atoms with van der Waals surface area (Å²) in [5.41, 5.74) is 0. The van der Waals surface area contributed by atoms with Crippen LogP contribution in [0.5, 0.6) is 0 Å². The summed E-state index contributed by atoms with van der Waals surface area (Å²) < 4.78 is 4.63. The Hall–Kier alpha value is 1.39. The molecule has 147 valence electrons. The zero-order valence-electron chi connectivity index (χ0n) is 14.5. The largest absolute Gasteiger partial charge is 0.492 e. The minimum absolute atomic E-state index is 0. The maximum atomic E-state index is 9.37. The average Bonchev–Trinajstić information content (AvgIpc) is 2.32. The van der Waals surface area contributed by atoms with Crippen molar-refractivity contribution in [3.8, 4) is 0 Å². The van der Waals surface area contributed by atoms with E-state index in [0.717, 1.165) is 12.8 Å². The van der Waals surface area contributed by atoms with Gasteiger partial charge in [0.1, 0.15) is 0 Å². The molecule has 0 saturated heterocycles. The molecule has 0 spiro atoms. The summed E-state index contributed by atoms with van der Waals surface area (Å²) >= 11 is 0. The molecule has 0 aromatic rings. The maximum Gasteiger partial charge on any atom is 0.492 e. The van der Waals surface area contributed by atoms with E-state index in [9.17, 15) is 19.2 Å². The van der Waals surface area contributed by atoms with E-state index in [1.807, 2.05) is 13.8 Å². The van der Waals surface area contributed by atoms with Crippen molar-refractivity contribution < 1.29 is 75.9 Å². The Bertz CT molecular complexity index is 278. The van der Waals surface area contributed by atoms with Gasteiger partial charge in [0.15, 0.2) is 0 Å². The topological polar surface area (TPSA) is 182 Å². The Balaban J connectivity index is -0.000000174. The molecule has 0 aliphatic heterocycles. The minimum atomic E-state index is -3.89. The van der Waals surface area contributed by atoms with E-state index in [2.05, 4.69) is 11.0 Å². The van der Waals surface area contributed by atoms with Crippen molar-refractivity contribution in [2.75, 3.05) is 0 Å². The summed E-state index contributed by atoms with van der Waals surface area (Å²) in [4.78, 5) is 62.5. The molecule has 0 bridgehead atoms. The van der Waals surface area contributed by atoms with Crippen LogP contribution in [0.4, 0.5) is 0 Å². The second kappa shape index (κ2) is 16.6. The van der Waals surface area contributed by atoms with E-state index < -0.39 is 26.4 Å². The smallest absolute Gasteiger partial charge is 0.412 e. The first-order valence-electron chi connectivity index (χ1n) is 7.45.